The van der Waals surface area contributed by atoms with Gasteiger partial charge in [-0.1, -0.05) is 17.7 Å². The number of anilines is 3. The molecular weight excluding hydrogens is 316 g/mol. The summed E-state index contributed by atoms with van der Waals surface area (Å²) in [6.45, 7) is 0. The van der Waals surface area contributed by atoms with Gasteiger partial charge in [0.2, 0.25) is 0 Å². The van der Waals surface area contributed by atoms with Gasteiger partial charge in [-0.3, -0.25) is 0 Å². The van der Waals surface area contributed by atoms with Gasteiger partial charge >= 0.3 is 0 Å². The summed E-state index contributed by atoms with van der Waals surface area (Å²) in [4.78, 5) is 0. The van der Waals surface area contributed by atoms with E-state index >= 15 is 0 Å². The highest BCUT2D eigenvalue weighted by Gasteiger charge is 2.05. The second kappa shape index (κ2) is 5.50. The molecule has 0 spiro atoms. The first kappa shape index (κ1) is 13.1. The van der Waals surface area contributed by atoms with Gasteiger partial charge in [-0.05, 0) is 40.2 Å². The summed E-state index contributed by atoms with van der Waals surface area (Å²) in [5, 5.41) is 3.90. The van der Waals surface area contributed by atoms with Crippen molar-refractivity contribution in [3.8, 4) is 5.75 Å². The molecule has 0 unspecified atom stereocenters. The van der Waals surface area contributed by atoms with E-state index in [0.29, 0.717) is 16.5 Å². The molecule has 0 aliphatic carbocycles. The summed E-state index contributed by atoms with van der Waals surface area (Å²) >= 11 is 9.47. The minimum Gasteiger partial charge on any atom is -0.495 e. The molecule has 2 aromatic carbocycles. The normalized spacial score (nSPS) is 10.2. The van der Waals surface area contributed by atoms with Gasteiger partial charge in [0, 0.05) is 11.8 Å². The minimum atomic E-state index is 0.605. The minimum absolute atomic E-state index is 0.605. The topological polar surface area (TPSA) is 47.3 Å². The molecule has 18 heavy (non-hydrogen) atoms. The van der Waals surface area contributed by atoms with Crippen molar-refractivity contribution in [1.29, 1.82) is 0 Å². The Kier molecular flexibility index (Phi) is 3.99. The van der Waals surface area contributed by atoms with Crippen molar-refractivity contribution in [2.45, 2.75) is 0 Å². The Morgan fingerprint density at radius 1 is 1.28 bits per heavy atom. The van der Waals surface area contributed by atoms with Gasteiger partial charge in [0.1, 0.15) is 5.75 Å². The molecule has 0 heterocycles. The van der Waals surface area contributed by atoms with Gasteiger partial charge < -0.3 is 15.8 Å². The highest BCUT2D eigenvalue weighted by atomic mass is 79.9. The first-order valence-electron chi connectivity index (χ1n) is 5.26. The lowest BCUT2D eigenvalue weighted by molar-refractivity contribution is 0.417. The second-order valence-corrected chi connectivity index (χ2v) is 4.88. The fourth-order valence-electron chi connectivity index (χ4n) is 1.54. The first-order valence-corrected chi connectivity index (χ1v) is 6.43. The molecule has 0 saturated carbocycles. The van der Waals surface area contributed by atoms with Crippen LogP contribution in [0.2, 0.25) is 5.02 Å². The van der Waals surface area contributed by atoms with Crippen molar-refractivity contribution in [2.75, 3.05) is 18.2 Å². The maximum absolute atomic E-state index is 6.03. The number of hydrogen-bond acceptors (Lipinski definition) is 3. The van der Waals surface area contributed by atoms with Crippen LogP contribution in [0.3, 0.4) is 0 Å². The van der Waals surface area contributed by atoms with Gasteiger partial charge in [0.15, 0.2) is 0 Å². The van der Waals surface area contributed by atoms with Crippen LogP contribution in [0.1, 0.15) is 0 Å². The lowest BCUT2D eigenvalue weighted by atomic mass is 10.2. The van der Waals surface area contributed by atoms with E-state index in [9.17, 15) is 0 Å². The van der Waals surface area contributed by atoms with Crippen molar-refractivity contribution in [3.63, 3.8) is 0 Å². The lowest BCUT2D eigenvalue weighted by Crippen LogP contribution is -1.96. The van der Waals surface area contributed by atoms with Crippen LogP contribution in [0.15, 0.2) is 40.9 Å². The SMILES string of the molecule is COc1cc(Nc2cccc(Cl)c2Br)ccc1N. The maximum atomic E-state index is 6.03. The summed E-state index contributed by atoms with van der Waals surface area (Å²) in [5.74, 6) is 0.637. The maximum Gasteiger partial charge on any atom is 0.143 e. The van der Waals surface area contributed by atoms with Crippen LogP contribution >= 0.6 is 27.5 Å². The quantitative estimate of drug-likeness (QED) is 0.819. The fraction of sp³-hybridized carbons (Fsp3) is 0.0769. The van der Waals surface area contributed by atoms with Crippen molar-refractivity contribution in [1.82, 2.24) is 0 Å². The highest BCUT2D eigenvalue weighted by molar-refractivity contribution is 9.10. The predicted molar refractivity (Wildman–Crippen MR) is 79.8 cm³/mol. The Morgan fingerprint density at radius 2 is 2.06 bits per heavy atom. The number of nitrogens with one attached hydrogen (secondary N) is 1. The van der Waals surface area contributed by atoms with E-state index in [0.717, 1.165) is 15.8 Å². The molecule has 0 aromatic heterocycles. The first-order chi connectivity index (χ1) is 8.61. The van der Waals surface area contributed by atoms with Crippen LogP contribution in [0.5, 0.6) is 5.75 Å². The van der Waals surface area contributed by atoms with E-state index in [4.69, 9.17) is 22.1 Å². The third-order valence-electron chi connectivity index (χ3n) is 2.46. The van der Waals surface area contributed by atoms with Crippen molar-refractivity contribution < 1.29 is 4.74 Å². The average Bonchev–Trinajstić information content (AvgIpc) is 2.37. The molecule has 5 heteroatoms. The van der Waals surface area contributed by atoms with E-state index in [2.05, 4.69) is 21.2 Å². The molecule has 3 N–H and O–H groups in total. The number of halogens is 2. The fourth-order valence-corrected chi connectivity index (χ4v) is 2.08. The third kappa shape index (κ3) is 2.71. The Morgan fingerprint density at radius 3 is 2.78 bits per heavy atom. The Hall–Kier alpha value is -1.39. The smallest absolute Gasteiger partial charge is 0.143 e. The van der Waals surface area contributed by atoms with Gasteiger partial charge in [0.05, 0.1) is 28.0 Å². The monoisotopic (exact) mass is 326 g/mol. The molecule has 0 radical (unpaired) electrons. The van der Waals surface area contributed by atoms with E-state index in [-0.39, 0.29) is 0 Å². The van der Waals surface area contributed by atoms with Crippen LogP contribution in [0.4, 0.5) is 17.1 Å². The van der Waals surface area contributed by atoms with Crippen LogP contribution in [-0.4, -0.2) is 7.11 Å². The Labute approximate surface area is 119 Å². The summed E-state index contributed by atoms with van der Waals surface area (Å²) < 4.78 is 6.00. The van der Waals surface area contributed by atoms with Gasteiger partial charge in [-0.25, -0.2) is 0 Å². The van der Waals surface area contributed by atoms with Crippen LogP contribution in [-0.2, 0) is 0 Å². The summed E-state index contributed by atoms with van der Waals surface area (Å²) in [7, 11) is 1.59. The molecule has 94 valence electrons. The average molecular weight is 328 g/mol. The second-order valence-electron chi connectivity index (χ2n) is 3.68. The number of hydrogen-bond donors (Lipinski definition) is 2. The molecule has 3 nitrogen and oxygen atoms in total. The number of ether oxygens (including phenoxy) is 1. The van der Waals surface area contributed by atoms with Crippen molar-refractivity contribution in [2.24, 2.45) is 0 Å². The molecule has 0 bridgehead atoms. The number of nitrogen functional groups attached to an aromatic ring is 1. The number of benzene rings is 2. The predicted octanol–water partition coefficient (Wildman–Crippen LogP) is 4.44. The van der Waals surface area contributed by atoms with Crippen LogP contribution < -0.4 is 15.8 Å². The number of methoxy groups -OCH3 is 1. The zero-order valence-corrected chi connectivity index (χ0v) is 12.0. The zero-order chi connectivity index (χ0) is 13.1. The molecular formula is C13H12BrClN2O. The van der Waals surface area contributed by atoms with Gasteiger partial charge in [-0.2, -0.15) is 0 Å². The van der Waals surface area contributed by atoms with E-state index < -0.39 is 0 Å². The summed E-state index contributed by atoms with van der Waals surface area (Å²) in [6, 6.07) is 11.1. The van der Waals surface area contributed by atoms with E-state index in [1.807, 2.05) is 30.3 Å². The van der Waals surface area contributed by atoms with Gasteiger partial charge in [0.25, 0.3) is 0 Å². The Bertz CT molecular complexity index is 575. The standard InChI is InChI=1S/C13H12BrClN2O/c1-18-12-7-8(5-6-10(12)16)17-11-4-2-3-9(15)13(11)14/h2-7,17H,16H2,1H3. The molecule has 0 fully saturated rings. The molecule has 0 atom stereocenters. The molecule has 2 rings (SSSR count). The molecule has 0 aliphatic rings. The van der Waals surface area contributed by atoms with Crippen molar-refractivity contribution >= 4 is 44.6 Å². The van der Waals surface area contributed by atoms with Crippen LogP contribution in [0.25, 0.3) is 0 Å². The summed E-state index contributed by atoms with van der Waals surface area (Å²) in [6.07, 6.45) is 0. The number of rotatable bonds is 3. The molecule has 2 aromatic rings. The van der Waals surface area contributed by atoms with Crippen LogP contribution in [0, 0.1) is 0 Å². The largest absolute Gasteiger partial charge is 0.495 e. The highest BCUT2D eigenvalue weighted by Crippen LogP contribution is 2.33. The molecule has 0 aliphatic heterocycles. The molecule has 0 saturated heterocycles. The number of nitrogens with two attached hydrogens (primary N) is 1. The lowest BCUT2D eigenvalue weighted by Gasteiger charge is -2.11. The van der Waals surface area contributed by atoms with E-state index in [1.165, 1.54) is 0 Å². The van der Waals surface area contributed by atoms with Gasteiger partial charge in [-0.15, -0.1) is 0 Å². The van der Waals surface area contributed by atoms with E-state index in [1.54, 1.807) is 13.2 Å². The Balaban J connectivity index is 2.31. The molecule has 0 amide bonds. The zero-order valence-electron chi connectivity index (χ0n) is 9.71. The third-order valence-corrected chi connectivity index (χ3v) is 3.86. The summed E-state index contributed by atoms with van der Waals surface area (Å²) in [5.41, 5.74) is 8.13. The van der Waals surface area contributed by atoms with Crippen molar-refractivity contribution in [3.05, 3.63) is 45.9 Å².